The van der Waals surface area contributed by atoms with Crippen molar-refractivity contribution in [3.8, 4) is 0 Å². The zero-order valence-electron chi connectivity index (χ0n) is 14.4. The molecule has 1 aliphatic rings. The Kier molecular flexibility index (Phi) is 6.55. The third kappa shape index (κ3) is 5.24. The Balaban J connectivity index is 2.01. The van der Waals surface area contributed by atoms with Crippen LogP contribution in [-0.2, 0) is 6.54 Å². The number of allylic oxidation sites excluding steroid dienone is 4. The van der Waals surface area contributed by atoms with Gasteiger partial charge in [-0.1, -0.05) is 66.2 Å². The summed E-state index contributed by atoms with van der Waals surface area (Å²) in [4.78, 5) is 1.68. The van der Waals surface area contributed by atoms with Gasteiger partial charge in [0.05, 0.1) is 6.54 Å². The van der Waals surface area contributed by atoms with Crippen LogP contribution < -0.4 is 0 Å². The van der Waals surface area contributed by atoms with Crippen LogP contribution in [0.3, 0.4) is 0 Å². The predicted molar refractivity (Wildman–Crippen MR) is 98.7 cm³/mol. The van der Waals surface area contributed by atoms with E-state index in [4.69, 9.17) is 11.6 Å². The Hall–Kier alpha value is -1.49. The molecule has 1 aliphatic heterocycles. The largest absolute Gasteiger partial charge is 0.383 e. The molecule has 1 fully saturated rings. The number of likely N-dealkylation sites (tertiary alicyclic amines) is 1. The molecule has 0 bridgehead atoms. The molecule has 25 heavy (non-hydrogen) atoms. The van der Waals surface area contributed by atoms with Crippen molar-refractivity contribution in [1.82, 2.24) is 4.90 Å². The molecule has 2 nitrogen and oxygen atoms in total. The van der Waals surface area contributed by atoms with Gasteiger partial charge in [0.25, 0.3) is 5.92 Å². The lowest BCUT2D eigenvalue weighted by atomic mass is 9.82. The number of benzene rings is 1. The van der Waals surface area contributed by atoms with Gasteiger partial charge in [0.2, 0.25) is 0 Å². The van der Waals surface area contributed by atoms with Gasteiger partial charge in [-0.2, -0.15) is 0 Å². The number of piperidine rings is 1. The van der Waals surface area contributed by atoms with Crippen LogP contribution in [0.2, 0.25) is 0 Å². The average Bonchev–Trinajstić information content (AvgIpc) is 2.57. The maximum absolute atomic E-state index is 14.6. The molecule has 1 atom stereocenters. The lowest BCUT2D eigenvalue weighted by Gasteiger charge is -2.44. The lowest BCUT2D eigenvalue weighted by Crippen LogP contribution is -2.60. The highest BCUT2D eigenvalue weighted by atomic mass is 35.5. The first-order valence-corrected chi connectivity index (χ1v) is 8.68. The molecular weight excluding hydrogens is 344 g/mol. The molecule has 136 valence electrons. The summed E-state index contributed by atoms with van der Waals surface area (Å²) in [6, 6.07) is 9.50. The van der Waals surface area contributed by atoms with Crippen LogP contribution in [0.25, 0.3) is 0 Å². The SMILES string of the molecule is C=C(/C=C\C(Cl)=C/C)CC1(O)CCN(Cc2ccccc2)CC1(F)F. The minimum atomic E-state index is -3.21. The molecule has 0 radical (unpaired) electrons. The molecule has 2 rings (SSSR count). The summed E-state index contributed by atoms with van der Waals surface area (Å²) in [5.74, 6) is -3.21. The van der Waals surface area contributed by atoms with E-state index in [0.717, 1.165) is 5.56 Å². The van der Waals surface area contributed by atoms with E-state index in [1.165, 1.54) is 0 Å². The molecule has 0 amide bonds. The molecule has 1 aromatic carbocycles. The second kappa shape index (κ2) is 8.26. The summed E-state index contributed by atoms with van der Waals surface area (Å²) in [6.45, 7) is 5.94. The Labute approximate surface area is 153 Å². The first-order valence-electron chi connectivity index (χ1n) is 8.30. The quantitative estimate of drug-likeness (QED) is 0.722. The van der Waals surface area contributed by atoms with E-state index in [-0.39, 0.29) is 12.8 Å². The van der Waals surface area contributed by atoms with Gasteiger partial charge in [0, 0.05) is 24.5 Å². The van der Waals surface area contributed by atoms with Crippen molar-refractivity contribution in [1.29, 1.82) is 0 Å². The smallest absolute Gasteiger partial charge is 0.288 e. The summed E-state index contributed by atoms with van der Waals surface area (Å²) in [7, 11) is 0. The number of nitrogens with zero attached hydrogens (tertiary/aromatic N) is 1. The van der Waals surface area contributed by atoms with Gasteiger partial charge in [0.15, 0.2) is 0 Å². The van der Waals surface area contributed by atoms with Crippen molar-refractivity contribution in [2.75, 3.05) is 13.1 Å². The topological polar surface area (TPSA) is 23.5 Å². The second-order valence-electron chi connectivity index (χ2n) is 6.52. The minimum Gasteiger partial charge on any atom is -0.383 e. The number of alkyl halides is 2. The van der Waals surface area contributed by atoms with Crippen molar-refractivity contribution in [3.05, 3.63) is 71.3 Å². The van der Waals surface area contributed by atoms with Crippen molar-refractivity contribution < 1.29 is 13.9 Å². The number of rotatable bonds is 6. The molecule has 1 saturated heterocycles. The van der Waals surface area contributed by atoms with E-state index in [1.807, 2.05) is 30.3 Å². The molecule has 1 aromatic rings. The molecule has 0 spiro atoms. The van der Waals surface area contributed by atoms with Crippen LogP contribution >= 0.6 is 11.6 Å². The summed E-state index contributed by atoms with van der Waals surface area (Å²) in [5, 5.41) is 11.1. The summed E-state index contributed by atoms with van der Waals surface area (Å²) >= 11 is 5.85. The number of halogens is 3. The van der Waals surface area contributed by atoms with Gasteiger partial charge < -0.3 is 5.11 Å². The fourth-order valence-electron chi connectivity index (χ4n) is 2.96. The molecule has 1 N–H and O–H groups in total. The molecule has 5 heteroatoms. The van der Waals surface area contributed by atoms with Gasteiger partial charge in [-0.05, 0) is 25.0 Å². The maximum atomic E-state index is 14.6. The highest BCUT2D eigenvalue weighted by molar-refractivity contribution is 6.31. The Bertz CT molecular complexity index is 657. The maximum Gasteiger partial charge on any atom is 0.288 e. The monoisotopic (exact) mass is 367 g/mol. The van der Waals surface area contributed by atoms with Gasteiger partial charge in [-0.15, -0.1) is 0 Å². The summed E-state index contributed by atoms with van der Waals surface area (Å²) < 4.78 is 29.3. The number of hydrogen-bond donors (Lipinski definition) is 1. The van der Waals surface area contributed by atoms with E-state index in [9.17, 15) is 13.9 Å². The summed E-state index contributed by atoms with van der Waals surface area (Å²) in [5.41, 5.74) is -0.667. The third-order valence-corrected chi connectivity index (χ3v) is 4.81. The number of hydrogen-bond acceptors (Lipinski definition) is 2. The van der Waals surface area contributed by atoms with Crippen molar-refractivity contribution in [2.45, 2.75) is 37.8 Å². The van der Waals surface area contributed by atoms with E-state index < -0.39 is 18.1 Å². The normalized spacial score (nSPS) is 24.6. The Morgan fingerprint density at radius 3 is 2.60 bits per heavy atom. The third-order valence-electron chi connectivity index (χ3n) is 4.47. The standard InChI is InChI=1S/C20H24ClF2NO/c1-3-18(21)10-9-16(2)13-19(25)11-12-24(15-20(19,22)23)14-17-7-5-4-6-8-17/h3-10,25H,2,11-15H2,1H3/b10-9-,18-3+. The van der Waals surface area contributed by atoms with Crippen LogP contribution in [0.15, 0.2) is 65.7 Å². The highest BCUT2D eigenvalue weighted by Crippen LogP contribution is 2.41. The van der Waals surface area contributed by atoms with Crippen LogP contribution in [0.4, 0.5) is 8.78 Å². The van der Waals surface area contributed by atoms with E-state index in [1.54, 1.807) is 30.1 Å². The fourth-order valence-corrected chi connectivity index (χ4v) is 3.02. The first-order chi connectivity index (χ1) is 11.8. The van der Waals surface area contributed by atoms with Crippen molar-refractivity contribution in [2.24, 2.45) is 0 Å². The molecule has 0 saturated carbocycles. The molecule has 0 aromatic heterocycles. The molecular formula is C20H24ClF2NO. The molecule has 1 heterocycles. The van der Waals surface area contributed by atoms with Crippen molar-refractivity contribution >= 4 is 11.6 Å². The number of aliphatic hydroxyl groups is 1. The first kappa shape index (κ1) is 19.8. The minimum absolute atomic E-state index is 0.00293. The zero-order chi connectivity index (χ0) is 18.5. The van der Waals surface area contributed by atoms with E-state index >= 15 is 0 Å². The Morgan fingerprint density at radius 2 is 2.00 bits per heavy atom. The molecule has 1 unspecified atom stereocenters. The van der Waals surface area contributed by atoms with Gasteiger partial charge in [0.1, 0.15) is 5.60 Å². The van der Waals surface area contributed by atoms with Gasteiger partial charge in [-0.25, -0.2) is 8.78 Å². The second-order valence-corrected chi connectivity index (χ2v) is 6.96. The fraction of sp³-hybridized carbons (Fsp3) is 0.400. The highest BCUT2D eigenvalue weighted by Gasteiger charge is 2.55. The van der Waals surface area contributed by atoms with Gasteiger partial charge in [-0.3, -0.25) is 4.90 Å². The van der Waals surface area contributed by atoms with Crippen LogP contribution in [0.5, 0.6) is 0 Å². The van der Waals surface area contributed by atoms with E-state index in [2.05, 4.69) is 6.58 Å². The van der Waals surface area contributed by atoms with Crippen LogP contribution in [0, 0.1) is 0 Å². The average molecular weight is 368 g/mol. The zero-order valence-corrected chi connectivity index (χ0v) is 15.1. The van der Waals surface area contributed by atoms with Crippen LogP contribution in [-0.4, -0.2) is 34.6 Å². The van der Waals surface area contributed by atoms with Crippen molar-refractivity contribution in [3.63, 3.8) is 0 Å². The van der Waals surface area contributed by atoms with E-state index in [0.29, 0.717) is 23.7 Å². The summed E-state index contributed by atoms with van der Waals surface area (Å²) in [6.07, 6.45) is 4.68. The predicted octanol–water partition coefficient (Wildman–Crippen LogP) is 4.90. The Morgan fingerprint density at radius 1 is 1.32 bits per heavy atom. The van der Waals surface area contributed by atoms with Gasteiger partial charge >= 0.3 is 0 Å². The lowest BCUT2D eigenvalue weighted by molar-refractivity contribution is -0.215. The van der Waals surface area contributed by atoms with Crippen LogP contribution in [0.1, 0.15) is 25.3 Å². The molecule has 0 aliphatic carbocycles.